The van der Waals surface area contributed by atoms with Crippen LogP contribution < -0.4 is 0 Å². The van der Waals surface area contributed by atoms with Crippen molar-refractivity contribution in [1.29, 1.82) is 0 Å². The van der Waals surface area contributed by atoms with Gasteiger partial charge in [0.25, 0.3) is 0 Å². The standard InChI is InChI=1S/C15H21N3O4S/c1-5-13-14(9(2)16-22-13)12-7-6-8-18(12)23(19,20)15-10(3)17-21-11(15)4/h12H,5-8H2,1-4H3/t12-/m1/s1. The monoisotopic (exact) mass is 339 g/mol. The molecule has 0 spiro atoms. The van der Waals surface area contributed by atoms with Gasteiger partial charge in [-0.15, -0.1) is 0 Å². The van der Waals surface area contributed by atoms with E-state index in [-0.39, 0.29) is 10.9 Å². The number of aromatic nitrogens is 2. The summed E-state index contributed by atoms with van der Waals surface area (Å²) in [5.41, 5.74) is 2.05. The van der Waals surface area contributed by atoms with Gasteiger partial charge in [0, 0.05) is 18.5 Å². The molecular formula is C15H21N3O4S. The number of hydrogen-bond acceptors (Lipinski definition) is 6. The Morgan fingerprint density at radius 2 is 1.87 bits per heavy atom. The largest absolute Gasteiger partial charge is 0.361 e. The average Bonchev–Trinajstić information content (AvgIpc) is 3.17. The van der Waals surface area contributed by atoms with Gasteiger partial charge in [0.2, 0.25) is 10.0 Å². The summed E-state index contributed by atoms with van der Waals surface area (Å²) in [4.78, 5) is 0.177. The van der Waals surface area contributed by atoms with Crippen molar-refractivity contribution in [2.75, 3.05) is 6.54 Å². The van der Waals surface area contributed by atoms with E-state index in [1.807, 2.05) is 13.8 Å². The first-order valence-electron chi connectivity index (χ1n) is 7.77. The Kier molecular flexibility index (Phi) is 4.05. The van der Waals surface area contributed by atoms with Crippen LogP contribution >= 0.6 is 0 Å². The van der Waals surface area contributed by atoms with E-state index in [1.54, 1.807) is 13.8 Å². The Morgan fingerprint density at radius 1 is 1.17 bits per heavy atom. The summed E-state index contributed by atoms with van der Waals surface area (Å²) in [6.07, 6.45) is 2.25. The Morgan fingerprint density at radius 3 is 2.48 bits per heavy atom. The molecule has 8 heteroatoms. The van der Waals surface area contributed by atoms with Gasteiger partial charge in [0.05, 0.1) is 11.7 Å². The Bertz CT molecular complexity index is 802. The maximum absolute atomic E-state index is 13.1. The minimum Gasteiger partial charge on any atom is -0.361 e. The van der Waals surface area contributed by atoms with Gasteiger partial charge in [-0.2, -0.15) is 4.31 Å². The third kappa shape index (κ3) is 2.49. The van der Waals surface area contributed by atoms with Gasteiger partial charge in [0.1, 0.15) is 16.3 Å². The first-order valence-corrected chi connectivity index (χ1v) is 9.21. The molecule has 0 saturated carbocycles. The van der Waals surface area contributed by atoms with Crippen LogP contribution in [-0.4, -0.2) is 29.6 Å². The molecule has 2 aromatic heterocycles. The maximum Gasteiger partial charge on any atom is 0.249 e. The molecule has 2 aromatic rings. The zero-order valence-electron chi connectivity index (χ0n) is 13.8. The molecule has 1 fully saturated rings. The topological polar surface area (TPSA) is 89.4 Å². The molecular weight excluding hydrogens is 318 g/mol. The SMILES string of the molecule is CCc1onc(C)c1[C@H]1CCCN1S(=O)(=O)c1c(C)noc1C. The molecule has 0 bridgehead atoms. The molecule has 0 N–H and O–H groups in total. The fraction of sp³-hybridized carbons (Fsp3) is 0.600. The third-order valence-electron chi connectivity index (χ3n) is 4.38. The molecule has 126 valence electrons. The predicted molar refractivity (Wildman–Crippen MR) is 82.5 cm³/mol. The third-order valence-corrected chi connectivity index (χ3v) is 6.53. The van der Waals surface area contributed by atoms with E-state index in [2.05, 4.69) is 10.3 Å². The Balaban J connectivity index is 2.07. The molecule has 0 unspecified atom stereocenters. The highest BCUT2D eigenvalue weighted by atomic mass is 32.2. The second kappa shape index (κ2) is 5.76. The molecule has 0 aliphatic carbocycles. The summed E-state index contributed by atoms with van der Waals surface area (Å²) >= 11 is 0. The minimum atomic E-state index is -3.67. The molecule has 1 aliphatic heterocycles. The van der Waals surface area contributed by atoms with Crippen LogP contribution in [0.4, 0.5) is 0 Å². The van der Waals surface area contributed by atoms with Crippen molar-refractivity contribution >= 4 is 10.0 Å². The normalized spacial score (nSPS) is 19.6. The van der Waals surface area contributed by atoms with Crippen LogP contribution in [0.3, 0.4) is 0 Å². The van der Waals surface area contributed by atoms with E-state index in [0.29, 0.717) is 24.4 Å². The fourth-order valence-electron chi connectivity index (χ4n) is 3.38. The zero-order valence-corrected chi connectivity index (χ0v) is 14.6. The van der Waals surface area contributed by atoms with Crippen molar-refractivity contribution in [2.45, 2.75) is 57.9 Å². The summed E-state index contributed by atoms with van der Waals surface area (Å²) in [6.45, 7) is 7.59. The maximum atomic E-state index is 13.1. The van der Waals surface area contributed by atoms with Gasteiger partial charge in [-0.3, -0.25) is 0 Å². The summed E-state index contributed by atoms with van der Waals surface area (Å²) < 4.78 is 38.2. The van der Waals surface area contributed by atoms with Gasteiger partial charge in [0.15, 0.2) is 5.76 Å². The summed E-state index contributed by atoms with van der Waals surface area (Å²) in [5, 5.41) is 7.80. The van der Waals surface area contributed by atoms with E-state index < -0.39 is 10.0 Å². The van der Waals surface area contributed by atoms with E-state index in [9.17, 15) is 8.42 Å². The molecule has 0 aromatic carbocycles. The lowest BCUT2D eigenvalue weighted by Gasteiger charge is -2.24. The lowest BCUT2D eigenvalue weighted by atomic mass is 10.0. The highest BCUT2D eigenvalue weighted by molar-refractivity contribution is 7.89. The number of aryl methyl sites for hydroxylation is 4. The summed E-state index contributed by atoms with van der Waals surface area (Å²) in [6, 6.07) is -0.241. The smallest absolute Gasteiger partial charge is 0.249 e. The van der Waals surface area contributed by atoms with Gasteiger partial charge in [-0.25, -0.2) is 8.42 Å². The van der Waals surface area contributed by atoms with Gasteiger partial charge >= 0.3 is 0 Å². The second-order valence-corrected chi connectivity index (χ2v) is 7.71. The van der Waals surface area contributed by atoms with E-state index in [4.69, 9.17) is 9.05 Å². The summed E-state index contributed by atoms with van der Waals surface area (Å²) in [5.74, 6) is 1.08. The zero-order chi connectivity index (χ0) is 16.8. The van der Waals surface area contributed by atoms with Crippen molar-refractivity contribution in [3.8, 4) is 0 Å². The van der Waals surface area contributed by atoms with E-state index in [1.165, 1.54) is 4.31 Å². The van der Waals surface area contributed by atoms with Crippen LogP contribution in [0.5, 0.6) is 0 Å². The van der Waals surface area contributed by atoms with Crippen LogP contribution in [0, 0.1) is 20.8 Å². The molecule has 1 aliphatic rings. The van der Waals surface area contributed by atoms with E-state index in [0.717, 1.165) is 29.9 Å². The summed E-state index contributed by atoms with van der Waals surface area (Å²) in [7, 11) is -3.67. The van der Waals surface area contributed by atoms with Crippen LogP contribution in [0.1, 0.15) is 54.3 Å². The van der Waals surface area contributed by atoms with Gasteiger partial charge in [-0.05, 0) is 33.6 Å². The fourth-order valence-corrected chi connectivity index (χ4v) is 5.34. The Labute approximate surface area is 135 Å². The number of nitrogens with zero attached hydrogens (tertiary/aromatic N) is 3. The second-order valence-electron chi connectivity index (χ2n) is 5.89. The minimum absolute atomic E-state index is 0.177. The molecule has 7 nitrogen and oxygen atoms in total. The first kappa shape index (κ1) is 16.2. The van der Waals surface area contributed by atoms with Crippen molar-refractivity contribution in [3.63, 3.8) is 0 Å². The van der Waals surface area contributed by atoms with Crippen LogP contribution in [0.15, 0.2) is 13.9 Å². The molecule has 1 atom stereocenters. The van der Waals surface area contributed by atoms with E-state index >= 15 is 0 Å². The van der Waals surface area contributed by atoms with Gasteiger partial charge in [-0.1, -0.05) is 17.2 Å². The van der Waals surface area contributed by atoms with Crippen LogP contribution in [-0.2, 0) is 16.4 Å². The lowest BCUT2D eigenvalue weighted by Crippen LogP contribution is -2.31. The van der Waals surface area contributed by atoms with Gasteiger partial charge < -0.3 is 9.05 Å². The van der Waals surface area contributed by atoms with Crippen molar-refractivity contribution < 1.29 is 17.5 Å². The number of hydrogen-bond donors (Lipinski definition) is 0. The highest BCUT2D eigenvalue weighted by Crippen LogP contribution is 2.40. The number of sulfonamides is 1. The molecule has 0 amide bonds. The quantitative estimate of drug-likeness (QED) is 0.851. The van der Waals surface area contributed by atoms with Crippen molar-refractivity contribution in [2.24, 2.45) is 0 Å². The lowest BCUT2D eigenvalue weighted by molar-refractivity contribution is 0.366. The first-order chi connectivity index (χ1) is 10.9. The van der Waals surface area contributed by atoms with Crippen LogP contribution in [0.25, 0.3) is 0 Å². The molecule has 0 radical (unpaired) electrons. The Hall–Kier alpha value is -1.67. The highest BCUT2D eigenvalue weighted by Gasteiger charge is 2.41. The molecule has 1 saturated heterocycles. The van der Waals surface area contributed by atoms with Crippen molar-refractivity contribution in [1.82, 2.24) is 14.6 Å². The molecule has 23 heavy (non-hydrogen) atoms. The molecule has 3 rings (SSSR count). The number of rotatable bonds is 4. The molecule has 3 heterocycles. The van der Waals surface area contributed by atoms with Crippen molar-refractivity contribution in [3.05, 3.63) is 28.5 Å². The average molecular weight is 339 g/mol. The predicted octanol–water partition coefficient (Wildman–Crippen LogP) is 2.68. The van der Waals surface area contributed by atoms with Crippen LogP contribution in [0.2, 0.25) is 0 Å².